The van der Waals surface area contributed by atoms with Crippen molar-refractivity contribution in [2.24, 2.45) is 0 Å². The minimum absolute atomic E-state index is 0.212. The number of rotatable bonds is 3. The smallest absolute Gasteiger partial charge is 0.164 e. The number of carbonyl (C=O) groups excluding carboxylic acids is 1. The van der Waals surface area contributed by atoms with E-state index in [0.29, 0.717) is 6.61 Å². The summed E-state index contributed by atoms with van der Waals surface area (Å²) in [6.45, 7) is 0.577. The number of aldehydes is 1. The molecule has 0 amide bonds. The van der Waals surface area contributed by atoms with Gasteiger partial charge in [-0.3, -0.25) is 10.1 Å². The normalized spacial score (nSPS) is 25.3. The average Bonchev–Trinajstić information content (AvgIpc) is 2.69. The molecule has 1 heterocycles. The predicted molar refractivity (Wildman–Crippen MR) is 57.3 cm³/mol. The van der Waals surface area contributed by atoms with Crippen LogP contribution in [-0.2, 0) is 16.0 Å². The van der Waals surface area contributed by atoms with Crippen LogP contribution in [0.3, 0.4) is 0 Å². The molecule has 3 N–H and O–H groups in total. The first-order valence-electron chi connectivity index (χ1n) is 4.95. The molecule has 0 saturated carbocycles. The van der Waals surface area contributed by atoms with E-state index in [0.717, 1.165) is 18.4 Å². The van der Waals surface area contributed by atoms with Crippen LogP contribution in [0.25, 0.3) is 0 Å². The van der Waals surface area contributed by atoms with Crippen LogP contribution in [0, 0.1) is 0 Å². The van der Waals surface area contributed by atoms with Gasteiger partial charge in [0.1, 0.15) is 0 Å². The Kier molecular flexibility index (Phi) is 2.99. The van der Waals surface area contributed by atoms with Gasteiger partial charge >= 0.3 is 0 Å². The fourth-order valence-electron chi connectivity index (χ4n) is 1.68. The van der Waals surface area contributed by atoms with E-state index < -0.39 is 6.23 Å². The van der Waals surface area contributed by atoms with Gasteiger partial charge in [0.25, 0.3) is 0 Å². The highest BCUT2D eigenvalue weighted by atomic mass is 16.5. The van der Waals surface area contributed by atoms with Gasteiger partial charge in [0.05, 0.1) is 6.61 Å². The second kappa shape index (κ2) is 4.42. The molecule has 4 nitrogen and oxygen atoms in total. The van der Waals surface area contributed by atoms with E-state index >= 15 is 0 Å². The van der Waals surface area contributed by atoms with Crippen LogP contribution in [0.1, 0.15) is 5.56 Å². The largest absolute Gasteiger partial charge is 0.399 e. The van der Waals surface area contributed by atoms with Crippen LogP contribution in [-0.4, -0.2) is 25.2 Å². The number of nitrogens with one attached hydrogen (secondary N) is 1. The third-order valence-electron chi connectivity index (χ3n) is 2.46. The Bertz CT molecular complexity index is 337. The summed E-state index contributed by atoms with van der Waals surface area (Å²) in [6.07, 6.45) is 1.19. The quantitative estimate of drug-likeness (QED) is 0.552. The van der Waals surface area contributed by atoms with Crippen molar-refractivity contribution in [2.45, 2.75) is 18.7 Å². The summed E-state index contributed by atoms with van der Waals surface area (Å²) in [4.78, 5) is 10.4. The fourth-order valence-corrected chi connectivity index (χ4v) is 1.68. The van der Waals surface area contributed by atoms with Crippen LogP contribution in [0.5, 0.6) is 0 Å². The first-order valence-corrected chi connectivity index (χ1v) is 4.95. The van der Waals surface area contributed by atoms with Crippen molar-refractivity contribution < 1.29 is 9.53 Å². The molecule has 2 unspecified atom stereocenters. The van der Waals surface area contributed by atoms with E-state index in [-0.39, 0.29) is 6.04 Å². The third-order valence-corrected chi connectivity index (χ3v) is 2.46. The molecule has 1 aliphatic rings. The summed E-state index contributed by atoms with van der Waals surface area (Å²) in [5.41, 5.74) is 7.55. The fraction of sp³-hybridized carbons (Fsp3) is 0.364. The van der Waals surface area contributed by atoms with Crippen LogP contribution in [0.2, 0.25) is 0 Å². The van der Waals surface area contributed by atoms with Gasteiger partial charge in [-0.1, -0.05) is 12.1 Å². The van der Waals surface area contributed by atoms with Crippen LogP contribution < -0.4 is 11.1 Å². The van der Waals surface area contributed by atoms with Crippen LogP contribution >= 0.6 is 0 Å². The number of anilines is 1. The van der Waals surface area contributed by atoms with Gasteiger partial charge in [0, 0.05) is 11.7 Å². The Morgan fingerprint density at radius 1 is 1.47 bits per heavy atom. The summed E-state index contributed by atoms with van der Waals surface area (Å²) in [7, 11) is 0. The number of benzene rings is 1. The van der Waals surface area contributed by atoms with Gasteiger partial charge in [-0.2, -0.15) is 0 Å². The van der Waals surface area contributed by atoms with Crippen LogP contribution in [0.15, 0.2) is 24.3 Å². The molecule has 4 heteroatoms. The molecular formula is C11H14N2O2. The molecule has 1 aromatic carbocycles. The molecule has 1 saturated heterocycles. The van der Waals surface area contributed by atoms with Crippen molar-refractivity contribution in [1.82, 2.24) is 5.32 Å². The lowest BCUT2D eigenvalue weighted by Gasteiger charge is -2.08. The second-order valence-corrected chi connectivity index (χ2v) is 3.70. The maximum absolute atomic E-state index is 10.4. The number of nitrogens with two attached hydrogens (primary N) is 1. The van der Waals surface area contributed by atoms with E-state index in [1.165, 1.54) is 5.56 Å². The van der Waals surface area contributed by atoms with Crippen molar-refractivity contribution >= 4 is 12.0 Å². The zero-order chi connectivity index (χ0) is 10.7. The molecule has 0 spiro atoms. The zero-order valence-corrected chi connectivity index (χ0v) is 8.35. The highest BCUT2D eigenvalue weighted by Crippen LogP contribution is 2.11. The topological polar surface area (TPSA) is 64.3 Å². The standard InChI is InChI=1S/C11H14N2O2/c12-9-3-1-8(2-4-9)5-10-7-15-11(6-14)13-10/h1-4,6,10-11,13H,5,7,12H2. The number of hydrogen-bond donors (Lipinski definition) is 2. The van der Waals surface area contributed by atoms with Gasteiger partial charge in [-0.15, -0.1) is 0 Å². The number of carbonyl (C=O) groups is 1. The Hall–Kier alpha value is -1.39. The Labute approximate surface area is 88.4 Å². The van der Waals surface area contributed by atoms with Gasteiger partial charge in [0.15, 0.2) is 12.5 Å². The molecule has 0 aromatic heterocycles. The number of nitrogen functional groups attached to an aromatic ring is 1. The Balaban J connectivity index is 1.92. The first kappa shape index (κ1) is 10.1. The molecular weight excluding hydrogens is 192 g/mol. The summed E-state index contributed by atoms with van der Waals surface area (Å²) >= 11 is 0. The Morgan fingerprint density at radius 3 is 2.80 bits per heavy atom. The predicted octanol–water partition coefficient (Wildman–Crippen LogP) is 0.325. The lowest BCUT2D eigenvalue weighted by molar-refractivity contribution is -0.116. The SMILES string of the molecule is Nc1ccc(CC2COC(C=O)N2)cc1. The lowest BCUT2D eigenvalue weighted by atomic mass is 10.1. The van der Waals surface area contributed by atoms with Crippen LogP contribution in [0.4, 0.5) is 5.69 Å². The summed E-state index contributed by atoms with van der Waals surface area (Å²) in [6, 6.07) is 7.95. The van der Waals surface area contributed by atoms with Crippen molar-refractivity contribution in [3.8, 4) is 0 Å². The maximum Gasteiger partial charge on any atom is 0.164 e. The minimum atomic E-state index is -0.441. The minimum Gasteiger partial charge on any atom is -0.399 e. The number of ether oxygens (including phenoxy) is 1. The third kappa shape index (κ3) is 2.55. The molecule has 1 aliphatic heterocycles. The van der Waals surface area contributed by atoms with Crippen molar-refractivity contribution in [3.05, 3.63) is 29.8 Å². The zero-order valence-electron chi connectivity index (χ0n) is 8.35. The van der Waals surface area contributed by atoms with Gasteiger partial charge in [0.2, 0.25) is 0 Å². The highest BCUT2D eigenvalue weighted by molar-refractivity contribution is 5.55. The van der Waals surface area contributed by atoms with Crippen molar-refractivity contribution in [1.29, 1.82) is 0 Å². The van der Waals surface area contributed by atoms with Gasteiger partial charge in [-0.05, 0) is 24.1 Å². The first-order chi connectivity index (χ1) is 7.28. The van der Waals surface area contributed by atoms with Crippen molar-refractivity contribution in [3.63, 3.8) is 0 Å². The van der Waals surface area contributed by atoms with E-state index in [1.807, 2.05) is 24.3 Å². The molecule has 0 bridgehead atoms. The van der Waals surface area contributed by atoms with E-state index in [9.17, 15) is 4.79 Å². The molecule has 2 atom stereocenters. The molecule has 0 radical (unpaired) electrons. The highest BCUT2D eigenvalue weighted by Gasteiger charge is 2.23. The summed E-state index contributed by atoms with van der Waals surface area (Å²) < 4.78 is 5.21. The van der Waals surface area contributed by atoms with Crippen molar-refractivity contribution in [2.75, 3.05) is 12.3 Å². The summed E-state index contributed by atoms with van der Waals surface area (Å²) in [5.74, 6) is 0. The van der Waals surface area contributed by atoms with E-state index in [4.69, 9.17) is 10.5 Å². The van der Waals surface area contributed by atoms with E-state index in [1.54, 1.807) is 0 Å². The van der Waals surface area contributed by atoms with E-state index in [2.05, 4.69) is 5.32 Å². The molecule has 1 fully saturated rings. The molecule has 80 valence electrons. The monoisotopic (exact) mass is 206 g/mol. The molecule has 1 aromatic rings. The van der Waals surface area contributed by atoms with Gasteiger partial charge < -0.3 is 10.5 Å². The Morgan fingerprint density at radius 2 is 2.20 bits per heavy atom. The van der Waals surface area contributed by atoms with Gasteiger partial charge in [-0.25, -0.2) is 0 Å². The average molecular weight is 206 g/mol. The second-order valence-electron chi connectivity index (χ2n) is 3.70. The maximum atomic E-state index is 10.4. The number of hydrogen-bond acceptors (Lipinski definition) is 4. The lowest BCUT2D eigenvalue weighted by Crippen LogP contribution is -2.32. The molecule has 0 aliphatic carbocycles. The summed E-state index contributed by atoms with van der Waals surface area (Å²) in [5, 5.41) is 3.08. The molecule has 2 rings (SSSR count). The molecule has 15 heavy (non-hydrogen) atoms.